The number of nitriles is 1. The van der Waals surface area contributed by atoms with Crippen molar-refractivity contribution in [3.8, 4) is 17.6 Å². The lowest BCUT2D eigenvalue weighted by atomic mass is 9.80. The van der Waals surface area contributed by atoms with Crippen LogP contribution in [0, 0.1) is 11.3 Å². The van der Waals surface area contributed by atoms with Gasteiger partial charge in [0.05, 0.1) is 46.0 Å². The molecule has 13 nitrogen and oxygen atoms in total. The molecule has 0 bridgehead atoms. The van der Waals surface area contributed by atoms with E-state index in [1.165, 1.54) is 4.57 Å². The van der Waals surface area contributed by atoms with Crippen LogP contribution in [-0.2, 0) is 24.1 Å². The van der Waals surface area contributed by atoms with Gasteiger partial charge >= 0.3 is 5.69 Å². The second-order valence-electron chi connectivity index (χ2n) is 14.7. The van der Waals surface area contributed by atoms with E-state index in [0.717, 1.165) is 16.7 Å². The molecular formula is C46H52N5O8P. The second-order valence-corrected chi connectivity index (χ2v) is 16.1. The quantitative estimate of drug-likeness (QED) is 0.0486. The second kappa shape index (κ2) is 20.7. The van der Waals surface area contributed by atoms with Crippen molar-refractivity contribution in [1.82, 2.24) is 14.2 Å². The molecule has 1 N–H and O–H groups in total. The lowest BCUT2D eigenvalue weighted by Crippen LogP contribution is -2.39. The zero-order chi connectivity index (χ0) is 42.6. The molecule has 2 heterocycles. The highest BCUT2D eigenvalue weighted by atomic mass is 31.2. The number of benzene rings is 4. The summed E-state index contributed by atoms with van der Waals surface area (Å²) < 4.78 is 41.9. The van der Waals surface area contributed by atoms with Crippen LogP contribution in [0.25, 0.3) is 0 Å². The molecule has 5 aromatic rings. The zero-order valence-electron chi connectivity index (χ0n) is 34.8. The zero-order valence-corrected chi connectivity index (χ0v) is 35.7. The third-order valence-electron chi connectivity index (χ3n) is 10.1. The molecule has 1 aliphatic rings. The molecule has 6 rings (SSSR count). The number of carbonyl (C=O) groups is 1. The molecule has 1 unspecified atom stereocenters. The van der Waals surface area contributed by atoms with Crippen LogP contribution >= 0.6 is 8.53 Å². The number of nitrogens with one attached hydrogen (secondary N) is 1. The Labute approximate surface area is 352 Å². The summed E-state index contributed by atoms with van der Waals surface area (Å²) in [6, 6.07) is 38.0. The van der Waals surface area contributed by atoms with Crippen molar-refractivity contribution in [2.75, 3.05) is 32.8 Å². The Morgan fingerprint density at radius 2 is 1.45 bits per heavy atom. The number of ether oxygens (including phenoxy) is 4. The summed E-state index contributed by atoms with van der Waals surface area (Å²) in [7, 11) is 1.55. The van der Waals surface area contributed by atoms with Crippen LogP contribution in [0.4, 0.5) is 5.82 Å². The maximum absolute atomic E-state index is 13.7. The van der Waals surface area contributed by atoms with Crippen LogP contribution in [0.2, 0.25) is 0 Å². The van der Waals surface area contributed by atoms with E-state index >= 15 is 0 Å². The molecule has 1 fully saturated rings. The number of aromatic nitrogens is 2. The van der Waals surface area contributed by atoms with Gasteiger partial charge in [-0.15, -0.1) is 0 Å². The molecule has 0 spiro atoms. The molecule has 4 aromatic carbocycles. The first kappa shape index (κ1) is 44.1. The molecule has 1 amide bonds. The van der Waals surface area contributed by atoms with Crippen molar-refractivity contribution >= 4 is 20.3 Å². The van der Waals surface area contributed by atoms with E-state index in [2.05, 4.69) is 48.7 Å². The normalized spacial score (nSPS) is 17.1. The molecule has 1 saturated heterocycles. The largest absolute Gasteiger partial charge is 0.497 e. The average Bonchev–Trinajstić information content (AvgIpc) is 3.66. The van der Waals surface area contributed by atoms with E-state index in [0.29, 0.717) is 17.1 Å². The van der Waals surface area contributed by atoms with Crippen LogP contribution in [0.1, 0.15) is 73.8 Å². The molecule has 1 aliphatic heterocycles. The summed E-state index contributed by atoms with van der Waals surface area (Å²) in [6.07, 6.45) is -0.153. The van der Waals surface area contributed by atoms with Gasteiger partial charge in [-0.2, -0.15) is 10.2 Å². The number of hydrogen-bond acceptors (Lipinski definition) is 11. The van der Waals surface area contributed by atoms with Crippen LogP contribution in [0.15, 0.2) is 126 Å². The molecule has 0 radical (unpaired) electrons. The minimum Gasteiger partial charge on any atom is -0.497 e. The fraction of sp³-hybridized carbons (Fsp3) is 0.348. The van der Waals surface area contributed by atoms with Crippen molar-refractivity contribution in [1.29, 1.82) is 5.26 Å². The number of anilines is 1. The smallest absolute Gasteiger partial charge is 0.351 e. The first-order chi connectivity index (χ1) is 29.1. The molecule has 0 saturated carbocycles. The van der Waals surface area contributed by atoms with Crippen molar-refractivity contribution in [2.24, 2.45) is 0 Å². The lowest BCUT2D eigenvalue weighted by molar-refractivity contribution is -0.0925. The van der Waals surface area contributed by atoms with Crippen LogP contribution in [-0.4, -0.2) is 71.9 Å². The van der Waals surface area contributed by atoms with Crippen molar-refractivity contribution in [2.45, 2.75) is 76.7 Å². The van der Waals surface area contributed by atoms with Gasteiger partial charge in [0.1, 0.15) is 35.2 Å². The van der Waals surface area contributed by atoms with E-state index < -0.39 is 38.3 Å². The maximum Gasteiger partial charge on any atom is 0.351 e. The van der Waals surface area contributed by atoms with Gasteiger partial charge in [0.25, 0.3) is 14.4 Å². The molecule has 4 atom stereocenters. The summed E-state index contributed by atoms with van der Waals surface area (Å²) in [6.45, 7) is 8.49. The fourth-order valence-corrected chi connectivity index (χ4v) is 9.06. The monoisotopic (exact) mass is 833 g/mol. The average molecular weight is 834 g/mol. The van der Waals surface area contributed by atoms with Gasteiger partial charge in [0.2, 0.25) is 0 Å². The van der Waals surface area contributed by atoms with Gasteiger partial charge in [-0.1, -0.05) is 72.8 Å². The topological polar surface area (TPSA) is 146 Å². The highest BCUT2D eigenvalue weighted by Gasteiger charge is 2.45. The Hall–Kier alpha value is -5.45. The predicted molar refractivity (Wildman–Crippen MR) is 230 cm³/mol. The van der Waals surface area contributed by atoms with Crippen LogP contribution in [0.3, 0.4) is 0 Å². The van der Waals surface area contributed by atoms with Gasteiger partial charge in [-0.3, -0.25) is 9.36 Å². The van der Waals surface area contributed by atoms with Crippen LogP contribution in [0.5, 0.6) is 11.5 Å². The minimum atomic E-state index is -1.70. The summed E-state index contributed by atoms with van der Waals surface area (Å²) in [5.41, 5.74) is 1.22. The van der Waals surface area contributed by atoms with Gasteiger partial charge in [0.15, 0.2) is 0 Å². The lowest BCUT2D eigenvalue weighted by Gasteiger charge is -2.39. The molecule has 1 aromatic heterocycles. The molecular weight excluding hydrogens is 782 g/mol. The standard InChI is InChI=1S/C46H52N5O8P/c1-32(2)51(33(3)4)60(57-29-13-27-47)59-40-30-43(50-28-26-42(49-45(50)53)48-44(52)34-14-9-7-10-15-34)58-41(40)31-56-46(35-16-11-8-12-17-35,36-18-22-38(54-5)23-19-36)37-20-24-39(55-6)25-21-37/h7-12,14-26,28,32-33,40-41,43H,13,29-31H2,1-6H3,(H,48,49,52,53)/t40-,41+,43+,60?/m0/s1. The van der Waals surface area contributed by atoms with Crippen LogP contribution < -0.4 is 20.5 Å². The highest BCUT2D eigenvalue weighted by molar-refractivity contribution is 7.44. The summed E-state index contributed by atoms with van der Waals surface area (Å²) in [4.78, 5) is 30.7. The number of carbonyl (C=O) groups excluding carboxylic acids is 1. The van der Waals surface area contributed by atoms with E-state index in [1.54, 1.807) is 50.7 Å². The fourth-order valence-electron chi connectivity index (χ4n) is 7.30. The number of rotatable bonds is 19. The summed E-state index contributed by atoms with van der Waals surface area (Å²) >= 11 is 0. The van der Waals surface area contributed by atoms with Gasteiger partial charge in [-0.05, 0) is 86.8 Å². The number of nitrogens with zero attached hydrogens (tertiary/aromatic N) is 4. The Bertz CT molecular complexity index is 2180. The SMILES string of the molecule is COc1ccc(C(OC[C@H]2O[C@@H](n3ccc(NC(=O)c4ccccc4)nc3=O)C[C@@H]2OP(OCCC#N)N(C(C)C)C(C)C)(c2ccccc2)c2ccc(OC)cc2)cc1. The molecule has 14 heteroatoms. The van der Waals surface area contributed by atoms with E-state index in [-0.39, 0.29) is 49.9 Å². The molecule has 314 valence electrons. The molecule has 60 heavy (non-hydrogen) atoms. The van der Waals surface area contributed by atoms with Crippen molar-refractivity contribution in [3.63, 3.8) is 0 Å². The Morgan fingerprint density at radius 1 is 0.883 bits per heavy atom. The van der Waals surface area contributed by atoms with E-state index in [4.69, 9.17) is 28.0 Å². The Kier molecular flexibility index (Phi) is 15.2. The van der Waals surface area contributed by atoms with Crippen molar-refractivity contribution < 1.29 is 32.8 Å². The third-order valence-corrected chi connectivity index (χ3v) is 12.3. The highest BCUT2D eigenvalue weighted by Crippen LogP contribution is 2.50. The minimum absolute atomic E-state index is 0.0201. The predicted octanol–water partition coefficient (Wildman–Crippen LogP) is 8.47. The summed E-state index contributed by atoms with van der Waals surface area (Å²) in [5.74, 6) is 1.12. The number of methoxy groups -OCH3 is 2. The number of hydrogen-bond donors (Lipinski definition) is 1. The first-order valence-corrected chi connectivity index (χ1v) is 21.1. The first-order valence-electron chi connectivity index (χ1n) is 19.9. The summed E-state index contributed by atoms with van der Waals surface area (Å²) in [5, 5.41) is 12.1. The Morgan fingerprint density at radius 3 is 1.98 bits per heavy atom. The van der Waals surface area contributed by atoms with E-state index in [1.807, 2.05) is 84.9 Å². The van der Waals surface area contributed by atoms with Gasteiger partial charge in [-0.25, -0.2) is 9.46 Å². The van der Waals surface area contributed by atoms with Crippen molar-refractivity contribution in [3.05, 3.63) is 154 Å². The Balaban J connectivity index is 1.39. The van der Waals surface area contributed by atoms with Gasteiger partial charge in [0, 0.05) is 30.3 Å². The third kappa shape index (κ3) is 10.3. The number of amides is 1. The van der Waals surface area contributed by atoms with E-state index in [9.17, 15) is 14.9 Å². The van der Waals surface area contributed by atoms with Gasteiger partial charge < -0.3 is 33.3 Å². The maximum atomic E-state index is 13.7. The molecule has 0 aliphatic carbocycles.